The Kier molecular flexibility index (Phi) is 6.04. The summed E-state index contributed by atoms with van der Waals surface area (Å²) < 4.78 is 19.4. The lowest BCUT2D eigenvalue weighted by Crippen LogP contribution is -2.65. The van der Waals surface area contributed by atoms with Crippen molar-refractivity contribution in [2.24, 2.45) is 5.41 Å². The maximum absolute atomic E-state index is 14.0. The average molecular weight is 483 g/mol. The standard InChI is InChI=1S/C26H31FN4O4/c1-16(33)31-15-26(9-11-30(12-10-26)25(34)29-20-6-4-3-5-19(20)27)23-18-8-7-17(35-2)13-21(18)28-24(23)22(31)14-32/h3-8,13,22-24,28,32H,9-12,14-15H2,1-2H3,(H,29,34)/t22-,23?,24?/m0/s1. The van der Waals surface area contributed by atoms with Crippen molar-refractivity contribution in [3.8, 4) is 5.75 Å². The molecule has 2 saturated heterocycles. The molecule has 0 saturated carbocycles. The fourth-order valence-corrected chi connectivity index (χ4v) is 6.23. The maximum atomic E-state index is 14.0. The van der Waals surface area contributed by atoms with Crippen LogP contribution in [0, 0.1) is 11.2 Å². The monoisotopic (exact) mass is 482 g/mol. The van der Waals surface area contributed by atoms with E-state index in [-0.39, 0.29) is 47.6 Å². The number of carbonyl (C=O) groups excluding carboxylic acids is 2. The molecule has 3 atom stereocenters. The highest BCUT2D eigenvalue weighted by Gasteiger charge is 2.57. The summed E-state index contributed by atoms with van der Waals surface area (Å²) in [5.74, 6) is 0.276. The van der Waals surface area contributed by atoms with Gasteiger partial charge in [-0.1, -0.05) is 18.2 Å². The molecule has 0 radical (unpaired) electrons. The van der Waals surface area contributed by atoms with E-state index in [9.17, 15) is 19.1 Å². The second-order valence-electron chi connectivity index (χ2n) is 9.76. The molecule has 3 N–H and O–H groups in total. The van der Waals surface area contributed by atoms with Gasteiger partial charge in [-0.05, 0) is 36.6 Å². The van der Waals surface area contributed by atoms with Gasteiger partial charge in [0.05, 0.1) is 31.5 Å². The number of amides is 3. The number of ether oxygens (including phenoxy) is 1. The normalized spacial score (nSPS) is 24.4. The van der Waals surface area contributed by atoms with E-state index in [1.807, 2.05) is 12.1 Å². The van der Waals surface area contributed by atoms with E-state index < -0.39 is 5.82 Å². The Labute approximate surface area is 204 Å². The van der Waals surface area contributed by atoms with Crippen LogP contribution in [0.5, 0.6) is 5.75 Å². The van der Waals surface area contributed by atoms with Crippen molar-refractivity contribution in [3.05, 3.63) is 53.8 Å². The number of anilines is 2. The van der Waals surface area contributed by atoms with Gasteiger partial charge in [0.2, 0.25) is 5.91 Å². The molecule has 3 amide bonds. The number of benzene rings is 2. The molecule has 1 spiro atoms. The van der Waals surface area contributed by atoms with E-state index in [1.54, 1.807) is 42.0 Å². The molecule has 0 bridgehead atoms. The number of likely N-dealkylation sites (tertiary alicyclic amines) is 2. The Bertz CT molecular complexity index is 1130. The predicted octanol–water partition coefficient (Wildman–Crippen LogP) is 3.25. The summed E-state index contributed by atoms with van der Waals surface area (Å²) in [6.07, 6.45) is 1.38. The van der Waals surface area contributed by atoms with Gasteiger partial charge in [0.15, 0.2) is 0 Å². The molecular weight excluding hydrogens is 451 g/mol. The first-order valence-corrected chi connectivity index (χ1v) is 12.0. The Hall–Kier alpha value is -3.33. The minimum absolute atomic E-state index is 0.0723. The minimum Gasteiger partial charge on any atom is -0.497 e. The van der Waals surface area contributed by atoms with Gasteiger partial charge in [-0.3, -0.25) is 4.79 Å². The zero-order valence-corrected chi connectivity index (χ0v) is 20.0. The number of hydrogen-bond acceptors (Lipinski definition) is 5. The van der Waals surface area contributed by atoms with Crippen LogP contribution >= 0.6 is 0 Å². The van der Waals surface area contributed by atoms with Crippen molar-refractivity contribution in [2.45, 2.75) is 37.8 Å². The topological polar surface area (TPSA) is 94.1 Å². The number of hydrogen-bond donors (Lipinski definition) is 3. The number of aliphatic hydroxyl groups is 1. The van der Waals surface area contributed by atoms with Gasteiger partial charge < -0.3 is 30.3 Å². The summed E-state index contributed by atoms with van der Waals surface area (Å²) in [6.45, 7) is 2.91. The van der Waals surface area contributed by atoms with Gasteiger partial charge in [-0.2, -0.15) is 0 Å². The number of methoxy groups -OCH3 is 1. The quantitative estimate of drug-likeness (QED) is 0.625. The van der Waals surface area contributed by atoms with Gasteiger partial charge in [0.25, 0.3) is 0 Å². The third-order valence-electron chi connectivity index (χ3n) is 7.99. The second-order valence-corrected chi connectivity index (χ2v) is 9.76. The van der Waals surface area contributed by atoms with E-state index in [1.165, 1.54) is 6.07 Å². The van der Waals surface area contributed by atoms with Crippen LogP contribution in [0.1, 0.15) is 31.2 Å². The van der Waals surface area contributed by atoms with Crippen molar-refractivity contribution in [2.75, 3.05) is 44.0 Å². The number of nitrogens with one attached hydrogen (secondary N) is 2. The van der Waals surface area contributed by atoms with Crippen LogP contribution in [-0.2, 0) is 4.79 Å². The molecule has 5 rings (SSSR count). The molecule has 2 aromatic rings. The van der Waals surface area contributed by atoms with Crippen molar-refractivity contribution in [3.63, 3.8) is 0 Å². The lowest BCUT2D eigenvalue weighted by Gasteiger charge is -2.56. The van der Waals surface area contributed by atoms with E-state index in [2.05, 4.69) is 16.7 Å². The number of halogens is 1. The zero-order valence-electron chi connectivity index (χ0n) is 20.0. The van der Waals surface area contributed by atoms with E-state index >= 15 is 0 Å². The fourth-order valence-electron chi connectivity index (χ4n) is 6.23. The minimum atomic E-state index is -0.472. The van der Waals surface area contributed by atoms with Gasteiger partial charge in [-0.15, -0.1) is 0 Å². The summed E-state index contributed by atoms with van der Waals surface area (Å²) in [6, 6.07) is 11.3. The van der Waals surface area contributed by atoms with Gasteiger partial charge >= 0.3 is 6.03 Å². The highest BCUT2D eigenvalue weighted by Crippen LogP contribution is 2.56. The highest BCUT2D eigenvalue weighted by atomic mass is 19.1. The van der Waals surface area contributed by atoms with Crippen molar-refractivity contribution >= 4 is 23.3 Å². The molecular formula is C26H31FN4O4. The summed E-state index contributed by atoms with van der Waals surface area (Å²) in [5.41, 5.74) is 2.01. The van der Waals surface area contributed by atoms with E-state index in [0.29, 0.717) is 32.5 Å². The number of aliphatic hydroxyl groups excluding tert-OH is 1. The van der Waals surface area contributed by atoms with E-state index in [4.69, 9.17) is 4.74 Å². The number of piperidine rings is 2. The Morgan fingerprint density at radius 3 is 2.63 bits per heavy atom. The molecule has 3 aliphatic rings. The average Bonchev–Trinajstić information content (AvgIpc) is 3.25. The largest absolute Gasteiger partial charge is 0.497 e. The van der Waals surface area contributed by atoms with E-state index in [0.717, 1.165) is 17.0 Å². The van der Waals surface area contributed by atoms with Crippen molar-refractivity contribution in [1.29, 1.82) is 0 Å². The molecule has 2 unspecified atom stereocenters. The lowest BCUT2D eigenvalue weighted by molar-refractivity contribution is -0.140. The summed E-state index contributed by atoms with van der Waals surface area (Å²) in [4.78, 5) is 29.0. The Morgan fingerprint density at radius 1 is 1.23 bits per heavy atom. The van der Waals surface area contributed by atoms with Crippen LogP contribution in [0.2, 0.25) is 0 Å². The molecule has 2 aromatic carbocycles. The maximum Gasteiger partial charge on any atom is 0.321 e. The molecule has 0 aliphatic carbocycles. The first-order valence-electron chi connectivity index (χ1n) is 12.0. The number of rotatable bonds is 3. The Balaban J connectivity index is 1.42. The Morgan fingerprint density at radius 2 is 1.97 bits per heavy atom. The van der Waals surface area contributed by atoms with Crippen LogP contribution in [-0.4, -0.2) is 72.3 Å². The smallest absolute Gasteiger partial charge is 0.321 e. The molecule has 3 aliphatic heterocycles. The first-order chi connectivity index (χ1) is 16.9. The number of fused-ring (bicyclic) bond motifs is 4. The van der Waals surface area contributed by atoms with Gasteiger partial charge in [-0.25, -0.2) is 9.18 Å². The summed E-state index contributed by atoms with van der Waals surface area (Å²) in [5, 5.41) is 16.5. The number of para-hydroxylation sites is 1. The number of urea groups is 1. The molecule has 2 fully saturated rings. The van der Waals surface area contributed by atoms with Gasteiger partial charge in [0, 0.05) is 49.6 Å². The third-order valence-corrected chi connectivity index (χ3v) is 7.99. The van der Waals surface area contributed by atoms with Crippen LogP contribution in [0.25, 0.3) is 0 Å². The van der Waals surface area contributed by atoms with Gasteiger partial charge in [0.1, 0.15) is 11.6 Å². The van der Waals surface area contributed by atoms with Crippen LogP contribution in [0.3, 0.4) is 0 Å². The first kappa shape index (κ1) is 23.4. The molecule has 9 heteroatoms. The third kappa shape index (κ3) is 3.97. The summed E-state index contributed by atoms with van der Waals surface area (Å²) in [7, 11) is 1.63. The van der Waals surface area contributed by atoms with Crippen LogP contribution < -0.4 is 15.4 Å². The van der Waals surface area contributed by atoms with Crippen LogP contribution in [0.4, 0.5) is 20.6 Å². The van der Waals surface area contributed by atoms with Crippen molar-refractivity contribution in [1.82, 2.24) is 9.80 Å². The second kappa shape index (κ2) is 9.03. The summed E-state index contributed by atoms with van der Waals surface area (Å²) >= 11 is 0. The molecule has 186 valence electrons. The predicted molar refractivity (Wildman–Crippen MR) is 130 cm³/mol. The molecule has 8 nitrogen and oxygen atoms in total. The molecule has 35 heavy (non-hydrogen) atoms. The molecule has 3 heterocycles. The lowest BCUT2D eigenvalue weighted by atomic mass is 9.60. The van der Waals surface area contributed by atoms with Crippen molar-refractivity contribution < 1.29 is 23.8 Å². The number of nitrogens with zero attached hydrogens (tertiary/aromatic N) is 2. The fraction of sp³-hybridized carbons (Fsp3) is 0.462. The zero-order chi connectivity index (χ0) is 24.7. The van der Waals surface area contributed by atoms with Crippen LogP contribution in [0.15, 0.2) is 42.5 Å². The SMILES string of the molecule is COc1ccc2c(c1)NC1C2C2(CCN(C(=O)Nc3ccccc3F)CC2)CN(C(C)=O)[C@H]1CO. The highest BCUT2D eigenvalue weighted by molar-refractivity contribution is 5.89. The molecule has 0 aromatic heterocycles. The number of carbonyl (C=O) groups is 2.